The zero-order chi connectivity index (χ0) is 14.7. The van der Waals surface area contributed by atoms with Crippen LogP contribution in [0.2, 0.25) is 0 Å². The molecule has 0 bridgehead atoms. The lowest BCUT2D eigenvalue weighted by atomic mass is 10.1. The third-order valence-electron chi connectivity index (χ3n) is 3.38. The van der Waals surface area contributed by atoms with Gasteiger partial charge in [0.2, 0.25) is 0 Å². The van der Waals surface area contributed by atoms with Gasteiger partial charge in [-0.2, -0.15) is 0 Å². The van der Waals surface area contributed by atoms with Gasteiger partial charge in [0.05, 0.1) is 17.4 Å². The molecule has 1 amide bonds. The number of likely N-dealkylation sites (tertiary alicyclic amines) is 1. The summed E-state index contributed by atoms with van der Waals surface area (Å²) in [5.41, 5.74) is 5.91. The summed E-state index contributed by atoms with van der Waals surface area (Å²) in [4.78, 5) is 14.2. The van der Waals surface area contributed by atoms with E-state index in [2.05, 4.69) is 15.9 Å². The first-order valence-corrected chi connectivity index (χ1v) is 7.47. The van der Waals surface area contributed by atoms with E-state index in [0.29, 0.717) is 29.7 Å². The quantitative estimate of drug-likeness (QED) is 0.857. The Hall–Kier alpha value is -1.14. The van der Waals surface area contributed by atoms with Crippen molar-refractivity contribution in [2.75, 3.05) is 25.4 Å². The predicted molar refractivity (Wildman–Crippen MR) is 79.1 cm³/mol. The number of amides is 1. The van der Waals surface area contributed by atoms with E-state index in [-0.39, 0.29) is 17.7 Å². The minimum absolute atomic E-state index is 0.0186. The molecule has 1 heterocycles. The predicted octanol–water partition coefficient (Wildman–Crippen LogP) is 2.81. The van der Waals surface area contributed by atoms with Gasteiger partial charge < -0.3 is 15.4 Å². The normalized spacial score (nSPS) is 19.1. The summed E-state index contributed by atoms with van der Waals surface area (Å²) in [5, 5.41) is 0. The molecule has 1 unspecified atom stereocenters. The van der Waals surface area contributed by atoms with E-state index in [4.69, 9.17) is 10.5 Å². The van der Waals surface area contributed by atoms with Crippen LogP contribution in [0.25, 0.3) is 0 Å². The Morgan fingerprint density at radius 3 is 3.05 bits per heavy atom. The van der Waals surface area contributed by atoms with Gasteiger partial charge >= 0.3 is 0 Å². The van der Waals surface area contributed by atoms with Crippen molar-refractivity contribution in [3.63, 3.8) is 0 Å². The number of benzene rings is 1. The zero-order valence-corrected chi connectivity index (χ0v) is 13.0. The van der Waals surface area contributed by atoms with Gasteiger partial charge in [-0.25, -0.2) is 4.39 Å². The van der Waals surface area contributed by atoms with E-state index < -0.39 is 5.82 Å². The molecule has 1 aromatic rings. The molecule has 1 saturated heterocycles. The fourth-order valence-corrected chi connectivity index (χ4v) is 2.88. The molecule has 6 heteroatoms. The second-order valence-electron chi connectivity index (χ2n) is 4.82. The van der Waals surface area contributed by atoms with Crippen molar-refractivity contribution in [3.8, 4) is 0 Å². The fourth-order valence-electron chi connectivity index (χ4n) is 2.39. The molecule has 1 aliphatic heterocycles. The molecular formula is C14H18BrFN2O2. The number of ether oxygens (including phenoxy) is 1. The molecule has 1 fully saturated rings. The van der Waals surface area contributed by atoms with Gasteiger partial charge in [0.25, 0.3) is 5.91 Å². The first-order chi connectivity index (χ1) is 9.52. The Morgan fingerprint density at radius 1 is 1.60 bits per heavy atom. The number of nitrogens with zero attached hydrogens (tertiary/aromatic N) is 1. The van der Waals surface area contributed by atoms with Gasteiger partial charge in [0.1, 0.15) is 5.82 Å². The molecule has 1 atom stereocenters. The second-order valence-corrected chi connectivity index (χ2v) is 5.68. The summed E-state index contributed by atoms with van der Waals surface area (Å²) in [7, 11) is 0. The molecule has 4 nitrogen and oxygen atoms in total. The number of piperidine rings is 1. The minimum Gasteiger partial charge on any atom is -0.396 e. The number of nitrogen functional groups attached to an aromatic ring is 1. The van der Waals surface area contributed by atoms with Gasteiger partial charge in [-0.3, -0.25) is 4.79 Å². The summed E-state index contributed by atoms with van der Waals surface area (Å²) < 4.78 is 19.3. The molecule has 2 rings (SSSR count). The van der Waals surface area contributed by atoms with E-state index in [1.807, 2.05) is 6.92 Å². The highest BCUT2D eigenvalue weighted by molar-refractivity contribution is 9.10. The number of nitrogens with two attached hydrogens (primary N) is 1. The number of hydrogen-bond donors (Lipinski definition) is 1. The first-order valence-electron chi connectivity index (χ1n) is 6.68. The molecule has 20 heavy (non-hydrogen) atoms. The number of rotatable bonds is 3. The number of halogens is 2. The van der Waals surface area contributed by atoms with Gasteiger partial charge in [0.15, 0.2) is 0 Å². The molecule has 0 radical (unpaired) electrons. The average Bonchev–Trinajstić information content (AvgIpc) is 2.43. The van der Waals surface area contributed by atoms with E-state index in [1.54, 1.807) is 4.90 Å². The van der Waals surface area contributed by atoms with Crippen LogP contribution in [-0.2, 0) is 4.74 Å². The van der Waals surface area contributed by atoms with Crippen LogP contribution in [0.15, 0.2) is 16.6 Å². The summed E-state index contributed by atoms with van der Waals surface area (Å²) in [6.45, 7) is 3.83. The first kappa shape index (κ1) is 15.3. The molecule has 0 aliphatic carbocycles. The van der Waals surface area contributed by atoms with Gasteiger partial charge in [-0.05, 0) is 47.8 Å². The smallest absolute Gasteiger partial charge is 0.255 e. The van der Waals surface area contributed by atoms with Gasteiger partial charge in [-0.15, -0.1) is 0 Å². The van der Waals surface area contributed by atoms with Crippen LogP contribution in [0.3, 0.4) is 0 Å². The van der Waals surface area contributed by atoms with Crippen molar-refractivity contribution >= 4 is 27.5 Å². The van der Waals surface area contributed by atoms with Crippen molar-refractivity contribution in [1.29, 1.82) is 0 Å². The standard InChI is InChI=1S/C14H18BrFN2O2/c1-2-20-9-4-3-5-18(8-9)14(19)10-6-13(17)12(16)7-11(10)15/h6-7,9H,2-5,8,17H2,1H3. The monoisotopic (exact) mass is 344 g/mol. The van der Waals surface area contributed by atoms with Crippen LogP contribution in [0.4, 0.5) is 10.1 Å². The minimum atomic E-state index is -0.528. The van der Waals surface area contributed by atoms with Crippen LogP contribution < -0.4 is 5.73 Å². The van der Waals surface area contributed by atoms with Crippen LogP contribution in [0, 0.1) is 5.82 Å². The summed E-state index contributed by atoms with van der Waals surface area (Å²) >= 11 is 3.22. The Balaban J connectivity index is 2.16. The molecule has 0 aromatic heterocycles. The maximum absolute atomic E-state index is 13.3. The summed E-state index contributed by atoms with van der Waals surface area (Å²) in [6.07, 6.45) is 1.95. The Kier molecular flexibility index (Phi) is 4.99. The molecule has 1 aliphatic rings. The van der Waals surface area contributed by atoms with E-state index in [9.17, 15) is 9.18 Å². The van der Waals surface area contributed by atoms with E-state index >= 15 is 0 Å². The van der Waals surface area contributed by atoms with Crippen molar-refractivity contribution in [1.82, 2.24) is 4.90 Å². The third kappa shape index (κ3) is 3.30. The molecule has 1 aromatic carbocycles. The number of hydrogen-bond acceptors (Lipinski definition) is 3. The molecule has 0 spiro atoms. The lowest BCUT2D eigenvalue weighted by Crippen LogP contribution is -2.43. The van der Waals surface area contributed by atoms with Crippen molar-refractivity contribution in [3.05, 3.63) is 28.0 Å². The summed E-state index contributed by atoms with van der Waals surface area (Å²) in [6, 6.07) is 2.61. The Bertz CT molecular complexity index is 508. The SMILES string of the molecule is CCOC1CCCN(C(=O)c2cc(N)c(F)cc2Br)C1. The third-order valence-corrected chi connectivity index (χ3v) is 4.04. The maximum atomic E-state index is 13.3. The average molecular weight is 345 g/mol. The van der Waals surface area contributed by atoms with Crippen LogP contribution >= 0.6 is 15.9 Å². The van der Waals surface area contributed by atoms with Crippen molar-refractivity contribution in [2.24, 2.45) is 0 Å². The van der Waals surface area contributed by atoms with Gasteiger partial charge in [-0.1, -0.05) is 0 Å². The number of anilines is 1. The topological polar surface area (TPSA) is 55.6 Å². The highest BCUT2D eigenvalue weighted by atomic mass is 79.9. The van der Waals surface area contributed by atoms with Crippen LogP contribution in [0.1, 0.15) is 30.1 Å². The van der Waals surface area contributed by atoms with Crippen LogP contribution in [-0.4, -0.2) is 36.6 Å². The lowest BCUT2D eigenvalue weighted by Gasteiger charge is -2.32. The van der Waals surface area contributed by atoms with E-state index in [0.717, 1.165) is 12.8 Å². The van der Waals surface area contributed by atoms with Gasteiger partial charge in [0, 0.05) is 24.2 Å². The Labute approximate surface area is 126 Å². The number of carbonyl (C=O) groups is 1. The maximum Gasteiger partial charge on any atom is 0.255 e. The number of carbonyl (C=O) groups excluding carboxylic acids is 1. The largest absolute Gasteiger partial charge is 0.396 e. The highest BCUT2D eigenvalue weighted by Crippen LogP contribution is 2.25. The van der Waals surface area contributed by atoms with Crippen LogP contribution in [0.5, 0.6) is 0 Å². The lowest BCUT2D eigenvalue weighted by molar-refractivity contribution is 0.00721. The zero-order valence-electron chi connectivity index (χ0n) is 11.4. The molecule has 110 valence electrons. The van der Waals surface area contributed by atoms with Crippen molar-refractivity contribution in [2.45, 2.75) is 25.9 Å². The Morgan fingerprint density at radius 2 is 2.35 bits per heavy atom. The highest BCUT2D eigenvalue weighted by Gasteiger charge is 2.26. The summed E-state index contributed by atoms with van der Waals surface area (Å²) in [5.74, 6) is -0.674. The van der Waals surface area contributed by atoms with Crippen molar-refractivity contribution < 1.29 is 13.9 Å². The van der Waals surface area contributed by atoms with E-state index in [1.165, 1.54) is 12.1 Å². The molecule has 0 saturated carbocycles. The second kappa shape index (κ2) is 6.54. The molecular weight excluding hydrogens is 327 g/mol. The fraction of sp³-hybridized carbons (Fsp3) is 0.500. The molecule has 2 N–H and O–H groups in total.